The molecule has 0 aromatic rings. The average Bonchev–Trinajstić information content (AvgIpc) is 2.20. The monoisotopic (exact) mass is 294 g/mol. The summed E-state index contributed by atoms with van der Waals surface area (Å²) in [6.45, 7) is 0. The molecule has 0 fully saturated rings. The number of rotatable bonds is 9. The Labute approximate surface area is 111 Å². The van der Waals surface area contributed by atoms with E-state index in [2.05, 4.69) is 0 Å². The van der Waals surface area contributed by atoms with E-state index in [1.54, 1.807) is 0 Å². The molecule has 0 aliphatic carbocycles. The van der Waals surface area contributed by atoms with Crippen LogP contribution < -0.4 is 22.9 Å². The molecule has 0 aliphatic heterocycles. The number of nitrogens with two attached hydrogens (primary N) is 4. The SMILES string of the molecule is NC(=O)C[C@H](SS[C@@H](CC(N)=O)C(N)=O)C(N)=O. The third-order valence-electron chi connectivity index (χ3n) is 1.70. The Hall–Kier alpha value is -1.42. The minimum atomic E-state index is -0.887. The van der Waals surface area contributed by atoms with Crippen LogP contribution in [0.1, 0.15) is 12.8 Å². The molecule has 0 radical (unpaired) electrons. The maximum Gasteiger partial charge on any atom is 0.231 e. The first-order chi connectivity index (χ1) is 8.23. The Bertz CT molecular complexity index is 329. The Balaban J connectivity index is 4.45. The lowest BCUT2D eigenvalue weighted by molar-refractivity contribution is -0.122. The normalized spacial score (nSPS) is 13.6. The van der Waals surface area contributed by atoms with Gasteiger partial charge >= 0.3 is 0 Å². The van der Waals surface area contributed by atoms with Crippen molar-refractivity contribution < 1.29 is 19.2 Å². The van der Waals surface area contributed by atoms with Crippen LogP contribution in [-0.4, -0.2) is 34.1 Å². The van der Waals surface area contributed by atoms with Crippen molar-refractivity contribution in [3.63, 3.8) is 0 Å². The topological polar surface area (TPSA) is 172 Å². The molecule has 10 heteroatoms. The first kappa shape index (κ1) is 16.6. The van der Waals surface area contributed by atoms with Gasteiger partial charge in [0.25, 0.3) is 0 Å². The van der Waals surface area contributed by atoms with E-state index < -0.39 is 34.1 Å². The van der Waals surface area contributed by atoms with Crippen molar-refractivity contribution in [1.82, 2.24) is 0 Å². The van der Waals surface area contributed by atoms with Crippen molar-refractivity contribution in [2.45, 2.75) is 23.3 Å². The minimum absolute atomic E-state index is 0.255. The second-order valence-corrected chi connectivity index (χ2v) is 5.99. The summed E-state index contributed by atoms with van der Waals surface area (Å²) in [6.07, 6.45) is -0.510. The molecule has 0 aromatic heterocycles. The standard InChI is InChI=1S/C8H14N4O4S2/c9-5(13)1-3(7(11)15)17-18-4(8(12)16)2-6(10)14/h3-4H,1-2H2,(H2,9,13)(H2,10,14)(H2,11,15)(H2,12,16)/t3-,4-/m0/s1. The molecule has 0 heterocycles. The molecule has 0 rings (SSSR count). The van der Waals surface area contributed by atoms with Crippen LogP contribution in [0.2, 0.25) is 0 Å². The smallest absolute Gasteiger partial charge is 0.231 e. The van der Waals surface area contributed by atoms with Gasteiger partial charge in [-0.25, -0.2) is 0 Å². The first-order valence-corrected chi connectivity index (χ1v) is 6.99. The molecule has 0 spiro atoms. The summed E-state index contributed by atoms with van der Waals surface area (Å²) in [5.74, 6) is -2.88. The van der Waals surface area contributed by atoms with Gasteiger partial charge in [0.2, 0.25) is 23.6 Å². The van der Waals surface area contributed by atoms with Gasteiger partial charge in [-0.3, -0.25) is 19.2 Å². The number of amides is 4. The number of hydrogen-bond donors (Lipinski definition) is 4. The summed E-state index contributed by atoms with van der Waals surface area (Å²) in [5, 5.41) is -1.77. The third kappa shape index (κ3) is 7.01. The van der Waals surface area contributed by atoms with Gasteiger partial charge in [0.05, 0.1) is 0 Å². The summed E-state index contributed by atoms with van der Waals surface area (Å²) in [6, 6.07) is 0. The Kier molecular flexibility index (Phi) is 7.20. The van der Waals surface area contributed by atoms with Crippen molar-refractivity contribution in [2.24, 2.45) is 22.9 Å². The summed E-state index contributed by atoms with van der Waals surface area (Å²) < 4.78 is 0. The molecule has 4 amide bonds. The summed E-state index contributed by atoms with van der Waals surface area (Å²) in [7, 11) is 1.74. The highest BCUT2D eigenvalue weighted by molar-refractivity contribution is 8.77. The Morgan fingerprint density at radius 3 is 1.17 bits per heavy atom. The van der Waals surface area contributed by atoms with E-state index in [-0.39, 0.29) is 12.8 Å². The molecule has 8 N–H and O–H groups in total. The van der Waals surface area contributed by atoms with Gasteiger partial charge in [-0.1, -0.05) is 21.6 Å². The van der Waals surface area contributed by atoms with Crippen molar-refractivity contribution in [3.05, 3.63) is 0 Å². The van der Waals surface area contributed by atoms with E-state index in [4.69, 9.17) is 22.9 Å². The second-order valence-electron chi connectivity index (χ2n) is 3.32. The molecular weight excluding hydrogens is 280 g/mol. The number of carbonyl (C=O) groups excluding carboxylic acids is 4. The third-order valence-corrected chi connectivity index (χ3v) is 4.80. The second kappa shape index (κ2) is 7.82. The fourth-order valence-electron chi connectivity index (χ4n) is 0.864. The molecule has 8 nitrogen and oxygen atoms in total. The van der Waals surface area contributed by atoms with Gasteiger partial charge in [-0.05, 0) is 0 Å². The molecule has 102 valence electrons. The van der Waals surface area contributed by atoms with Crippen LogP contribution in [0, 0.1) is 0 Å². The van der Waals surface area contributed by atoms with Gasteiger partial charge in [0.15, 0.2) is 0 Å². The fraction of sp³-hybridized carbons (Fsp3) is 0.500. The molecule has 18 heavy (non-hydrogen) atoms. The Morgan fingerprint density at radius 2 is 1.00 bits per heavy atom. The molecular formula is C8H14N4O4S2. The highest BCUT2D eigenvalue weighted by Gasteiger charge is 2.25. The van der Waals surface area contributed by atoms with Gasteiger partial charge in [0.1, 0.15) is 10.5 Å². The van der Waals surface area contributed by atoms with Crippen LogP contribution in [0.3, 0.4) is 0 Å². The maximum atomic E-state index is 11.0. The molecule has 0 bridgehead atoms. The van der Waals surface area contributed by atoms with Crippen LogP contribution >= 0.6 is 21.6 Å². The lowest BCUT2D eigenvalue weighted by Gasteiger charge is -2.14. The predicted molar refractivity (Wildman–Crippen MR) is 68.8 cm³/mol. The average molecular weight is 294 g/mol. The van der Waals surface area contributed by atoms with E-state index in [1.807, 2.05) is 0 Å². The molecule has 0 saturated heterocycles. The Morgan fingerprint density at radius 1 is 0.722 bits per heavy atom. The highest BCUT2D eigenvalue weighted by atomic mass is 33.1. The quantitative estimate of drug-likeness (QED) is 0.352. The van der Waals surface area contributed by atoms with Crippen LogP contribution in [0.25, 0.3) is 0 Å². The van der Waals surface area contributed by atoms with Crippen molar-refractivity contribution in [2.75, 3.05) is 0 Å². The molecule has 2 atom stereocenters. The zero-order valence-electron chi connectivity index (χ0n) is 9.33. The lowest BCUT2D eigenvalue weighted by atomic mass is 10.3. The summed E-state index contributed by atoms with van der Waals surface area (Å²) in [5.41, 5.74) is 20.0. The number of hydrogen-bond acceptors (Lipinski definition) is 6. The fourth-order valence-corrected chi connectivity index (χ4v) is 3.57. The van der Waals surface area contributed by atoms with Crippen molar-refractivity contribution in [3.8, 4) is 0 Å². The van der Waals surface area contributed by atoms with Crippen LogP contribution in [0.15, 0.2) is 0 Å². The largest absolute Gasteiger partial charge is 0.370 e. The zero-order chi connectivity index (χ0) is 14.3. The van der Waals surface area contributed by atoms with Gasteiger partial charge in [0, 0.05) is 12.8 Å². The minimum Gasteiger partial charge on any atom is -0.370 e. The summed E-state index contributed by atoms with van der Waals surface area (Å²) >= 11 is 0. The first-order valence-electron chi connectivity index (χ1n) is 4.71. The number of primary amides is 4. The number of carbonyl (C=O) groups is 4. The maximum absolute atomic E-state index is 11.0. The highest BCUT2D eigenvalue weighted by Crippen LogP contribution is 2.33. The molecule has 0 unspecified atom stereocenters. The van der Waals surface area contributed by atoms with Crippen molar-refractivity contribution in [1.29, 1.82) is 0 Å². The molecule has 0 aliphatic rings. The van der Waals surface area contributed by atoms with E-state index in [0.29, 0.717) is 0 Å². The van der Waals surface area contributed by atoms with E-state index in [0.717, 1.165) is 21.6 Å². The van der Waals surface area contributed by atoms with Gasteiger partial charge in [-0.15, -0.1) is 0 Å². The zero-order valence-corrected chi connectivity index (χ0v) is 11.0. The van der Waals surface area contributed by atoms with Crippen LogP contribution in [0.4, 0.5) is 0 Å². The van der Waals surface area contributed by atoms with Crippen LogP contribution in [-0.2, 0) is 19.2 Å². The van der Waals surface area contributed by atoms with Gasteiger partial charge in [-0.2, -0.15) is 0 Å². The molecule has 0 aromatic carbocycles. The van der Waals surface area contributed by atoms with E-state index in [1.165, 1.54) is 0 Å². The van der Waals surface area contributed by atoms with E-state index >= 15 is 0 Å². The summed E-state index contributed by atoms with van der Waals surface area (Å²) in [4.78, 5) is 43.4. The lowest BCUT2D eigenvalue weighted by Crippen LogP contribution is -2.32. The predicted octanol–water partition coefficient (Wildman–Crippen LogP) is -2.17. The van der Waals surface area contributed by atoms with Crippen molar-refractivity contribution >= 4 is 45.2 Å². The van der Waals surface area contributed by atoms with Crippen LogP contribution in [0.5, 0.6) is 0 Å². The molecule has 0 saturated carbocycles. The van der Waals surface area contributed by atoms with E-state index in [9.17, 15) is 19.2 Å². The van der Waals surface area contributed by atoms with Gasteiger partial charge < -0.3 is 22.9 Å².